The van der Waals surface area contributed by atoms with E-state index in [9.17, 15) is 39.3 Å². The number of carboxylic acids is 5. The first-order valence-corrected chi connectivity index (χ1v) is 11.9. The molecule has 42 heavy (non-hydrogen) atoms. The number of hydrogen-bond acceptors (Lipinski definition) is 14. The molecule has 0 fully saturated rings. The molecule has 226 valence electrons. The Kier molecular flexibility index (Phi) is 24.6. The average Bonchev–Trinajstić information content (AvgIpc) is 3.19. The summed E-state index contributed by atoms with van der Waals surface area (Å²) < 4.78 is 8.77. The third-order valence-electron chi connectivity index (χ3n) is 4.20. The number of carbonyl (C=O) groups excluding carboxylic acids is 3. The van der Waals surface area contributed by atoms with E-state index in [0.717, 1.165) is 16.5 Å². The third kappa shape index (κ3) is 22.2. The van der Waals surface area contributed by atoms with Gasteiger partial charge in [0.25, 0.3) is 7.82 Å². The summed E-state index contributed by atoms with van der Waals surface area (Å²) in [5.41, 5.74) is 9.23. The molecule has 0 bridgehead atoms. The van der Waals surface area contributed by atoms with Crippen LogP contribution < -0.4 is 31.7 Å². The van der Waals surface area contributed by atoms with Gasteiger partial charge in [0.2, 0.25) is 0 Å². The molecular weight excluding hydrogens is 618 g/mol. The van der Waals surface area contributed by atoms with Gasteiger partial charge < -0.3 is 81.3 Å². The smallest absolute Gasteiger partial charge is 0.756 e. The van der Waals surface area contributed by atoms with Crippen molar-refractivity contribution >= 4 is 94.7 Å². The SMILES string of the molecule is N[C@@H](CO)C(=O)O.N[C@@H](Cc1c[nH]c2ccccc12)C(=O)O.O=C([O-])CC(O)(CC(=O)[O-])C(=O)[O-].O=P([O-])(O)O.[Mg+2].[Mg+2]. The number of carboxylic acid groups (broad SMARTS) is 5. The second kappa shape index (κ2) is 22.2. The minimum atomic E-state index is -4.89. The van der Waals surface area contributed by atoms with E-state index in [-0.39, 0.29) is 46.1 Å². The first-order valence-electron chi connectivity index (χ1n) is 10.4. The molecule has 1 heterocycles. The van der Waals surface area contributed by atoms with Gasteiger partial charge in [-0.3, -0.25) is 14.2 Å². The summed E-state index contributed by atoms with van der Waals surface area (Å²) in [5.74, 6) is -8.13. The number of aromatic nitrogens is 1. The fourth-order valence-electron chi connectivity index (χ4n) is 2.39. The van der Waals surface area contributed by atoms with E-state index in [1.54, 1.807) is 0 Å². The Labute approximate surface area is 268 Å². The van der Waals surface area contributed by atoms with Gasteiger partial charge in [-0.15, -0.1) is 0 Å². The normalized spacial score (nSPS) is 11.6. The molecule has 1 aromatic carbocycles. The zero-order valence-electron chi connectivity index (χ0n) is 21.7. The minimum absolute atomic E-state index is 0. The molecule has 1 aromatic heterocycles. The van der Waals surface area contributed by atoms with E-state index in [2.05, 4.69) is 4.98 Å². The van der Waals surface area contributed by atoms with Gasteiger partial charge in [0.05, 0.1) is 12.6 Å². The second-order valence-corrected chi connectivity index (χ2v) is 8.52. The average molecular weight is 644 g/mol. The van der Waals surface area contributed by atoms with Crippen LogP contribution in [0.1, 0.15) is 18.4 Å². The largest absolute Gasteiger partial charge is 2.00 e. The second-order valence-electron chi connectivity index (χ2n) is 7.54. The summed E-state index contributed by atoms with van der Waals surface area (Å²) in [6.07, 6.45) is -0.556. The van der Waals surface area contributed by atoms with E-state index in [4.69, 9.17) is 51.1 Å². The van der Waals surface area contributed by atoms with Crippen LogP contribution in [0.4, 0.5) is 0 Å². The van der Waals surface area contributed by atoms with Crippen LogP contribution in [-0.4, -0.2) is 135 Å². The molecule has 0 aliphatic rings. The molecule has 0 spiro atoms. The summed E-state index contributed by atoms with van der Waals surface area (Å²) >= 11 is 0. The summed E-state index contributed by atoms with van der Waals surface area (Å²) in [6.45, 7) is -0.505. The Hall–Kier alpha value is -2.41. The first-order chi connectivity index (χ1) is 18.1. The Morgan fingerprint density at radius 1 is 0.905 bits per heavy atom. The maximum Gasteiger partial charge on any atom is 2.00 e. The molecule has 2 aromatic rings. The van der Waals surface area contributed by atoms with E-state index < -0.39 is 74.8 Å². The zero-order chi connectivity index (χ0) is 31.8. The fourth-order valence-corrected chi connectivity index (χ4v) is 2.39. The molecule has 0 aliphatic heterocycles. The number of aliphatic hydroxyl groups excluding tert-OH is 1. The Morgan fingerprint density at radius 2 is 1.31 bits per heavy atom. The molecule has 2 rings (SSSR count). The number of nitrogens with two attached hydrogens (primary N) is 2. The van der Waals surface area contributed by atoms with Crippen LogP contribution in [0, 0.1) is 0 Å². The summed E-state index contributed by atoms with van der Waals surface area (Å²) in [6, 6.07) is 5.79. The monoisotopic (exact) mass is 643 g/mol. The standard InChI is InChI=1S/C11H12N2O2.C6H8O7.C3H7NO3.2Mg.H3O4P/c12-9(11(14)15)5-7-6-13-10-4-2-1-3-8(7)10;7-3(8)1-6(13,5(11)12)2-4(9)10;4-2(1-5)3(6)7;;;1-5(2,3)4/h1-4,6,9,13H,5,12H2,(H,14,15);13H,1-2H2,(H,7,8)(H,9,10)(H,11,12);2,5H,1,4H2,(H,6,7);;;(H3,1,2,3,4)/q;;;2*+2;/p-4/t9-;;2-;;;/m0.0.../s1. The number of benzene rings is 1. The summed E-state index contributed by atoms with van der Waals surface area (Å²) in [5, 5.41) is 64.6. The molecule has 2 atom stereocenters. The van der Waals surface area contributed by atoms with Gasteiger partial charge in [-0.05, 0) is 11.6 Å². The number of para-hydroxylation sites is 1. The number of carbonyl (C=O) groups is 5. The van der Waals surface area contributed by atoms with E-state index in [1.165, 1.54) is 0 Å². The van der Waals surface area contributed by atoms with Crippen LogP contribution in [0.15, 0.2) is 30.5 Å². The van der Waals surface area contributed by atoms with Gasteiger partial charge in [-0.25, -0.2) is 0 Å². The number of nitrogens with one attached hydrogen (secondary N) is 1. The van der Waals surface area contributed by atoms with Crippen LogP contribution in [0.2, 0.25) is 0 Å². The van der Waals surface area contributed by atoms with Crippen molar-refractivity contribution in [2.45, 2.75) is 36.9 Å². The fraction of sp³-hybridized carbons (Fsp3) is 0.350. The van der Waals surface area contributed by atoms with Crippen molar-refractivity contribution in [3.8, 4) is 0 Å². The van der Waals surface area contributed by atoms with Crippen LogP contribution in [0.3, 0.4) is 0 Å². The van der Waals surface area contributed by atoms with Crippen LogP contribution in [0.25, 0.3) is 10.9 Å². The van der Waals surface area contributed by atoms with Crippen LogP contribution in [-0.2, 0) is 35.0 Å². The number of aliphatic hydroxyl groups is 2. The Bertz CT molecular complexity index is 1180. The zero-order valence-corrected chi connectivity index (χ0v) is 25.4. The number of fused-ring (bicyclic) bond motifs is 1. The van der Waals surface area contributed by atoms with Crippen molar-refractivity contribution in [3.05, 3.63) is 36.0 Å². The van der Waals surface area contributed by atoms with Gasteiger partial charge in [0.1, 0.15) is 17.7 Å². The van der Waals surface area contributed by atoms with Crippen molar-refractivity contribution in [2.75, 3.05) is 6.61 Å². The number of hydrogen-bond donors (Lipinski definition) is 9. The van der Waals surface area contributed by atoms with Crippen LogP contribution >= 0.6 is 7.82 Å². The van der Waals surface area contributed by atoms with Gasteiger partial charge in [0.15, 0.2) is 0 Å². The maximum atomic E-state index is 10.6. The molecule has 19 nitrogen and oxygen atoms in total. The van der Waals surface area contributed by atoms with Gasteiger partial charge in [0, 0.05) is 48.3 Å². The molecule has 0 amide bonds. The third-order valence-corrected chi connectivity index (χ3v) is 4.20. The van der Waals surface area contributed by atoms with Crippen molar-refractivity contribution in [3.63, 3.8) is 0 Å². The molecule has 0 radical (unpaired) electrons. The van der Waals surface area contributed by atoms with Crippen molar-refractivity contribution in [2.24, 2.45) is 11.5 Å². The molecule has 0 saturated heterocycles. The summed E-state index contributed by atoms with van der Waals surface area (Å²) in [7, 11) is -4.89. The molecule has 0 aliphatic carbocycles. The molecule has 11 N–H and O–H groups in total. The van der Waals surface area contributed by atoms with Gasteiger partial charge in [-0.2, -0.15) is 0 Å². The molecule has 0 saturated carbocycles. The first kappa shape index (κ1) is 46.5. The van der Waals surface area contributed by atoms with Gasteiger partial charge >= 0.3 is 58.0 Å². The Morgan fingerprint density at radius 3 is 1.62 bits per heavy atom. The minimum Gasteiger partial charge on any atom is -0.756 e. The van der Waals surface area contributed by atoms with Gasteiger partial charge in [-0.1, -0.05) is 18.2 Å². The van der Waals surface area contributed by atoms with Crippen molar-refractivity contribution in [1.82, 2.24) is 4.98 Å². The maximum absolute atomic E-state index is 10.6. The van der Waals surface area contributed by atoms with E-state index in [1.807, 2.05) is 30.5 Å². The number of rotatable bonds is 10. The quantitative estimate of drug-likeness (QED) is 0.0856. The van der Waals surface area contributed by atoms with Crippen molar-refractivity contribution < 1.29 is 79.0 Å². The topological polar surface area (TPSA) is 384 Å². The van der Waals surface area contributed by atoms with Crippen molar-refractivity contribution in [1.29, 1.82) is 0 Å². The number of H-pyrrole nitrogens is 1. The number of phosphoric acid groups is 1. The number of aliphatic carboxylic acids is 5. The van der Waals surface area contributed by atoms with E-state index in [0.29, 0.717) is 6.42 Å². The van der Waals surface area contributed by atoms with E-state index >= 15 is 0 Å². The van der Waals surface area contributed by atoms with Crippen LogP contribution in [0.5, 0.6) is 0 Å². The molecular formula is C20H26Mg2N3O16P. The summed E-state index contributed by atoms with van der Waals surface area (Å²) in [4.78, 5) is 76.3. The molecule has 22 heteroatoms. The Balaban J connectivity index is -0.000000244. The number of aromatic amines is 1. The predicted molar refractivity (Wildman–Crippen MR) is 133 cm³/mol. The molecule has 0 unspecified atom stereocenters. The predicted octanol–water partition coefficient (Wildman–Crippen LogP) is -8.06.